The van der Waals surface area contributed by atoms with Crippen molar-refractivity contribution in [3.05, 3.63) is 0 Å². The summed E-state index contributed by atoms with van der Waals surface area (Å²) in [7, 11) is 1.96. The molecule has 19 heavy (non-hydrogen) atoms. The molecule has 0 heterocycles. The lowest BCUT2D eigenvalue weighted by Gasteiger charge is -2.27. The Bertz CT molecular complexity index is 259. The van der Waals surface area contributed by atoms with E-state index in [0.717, 1.165) is 19.4 Å². The number of rotatable bonds is 7. The zero-order chi connectivity index (χ0) is 15.1. The Morgan fingerprint density at radius 2 is 1.79 bits per heavy atom. The van der Waals surface area contributed by atoms with Crippen molar-refractivity contribution < 1.29 is 9.53 Å². The van der Waals surface area contributed by atoms with E-state index in [9.17, 15) is 4.79 Å². The molecule has 0 rings (SSSR count). The number of amides is 1. The first-order valence-electron chi connectivity index (χ1n) is 7.29. The number of alkyl carbamates (subject to hydrolysis) is 1. The molecule has 0 radical (unpaired) electrons. The summed E-state index contributed by atoms with van der Waals surface area (Å²) in [6, 6.07) is 0.168. The summed E-state index contributed by atoms with van der Waals surface area (Å²) in [6.45, 7) is 13.1. The van der Waals surface area contributed by atoms with Crippen LogP contribution in [0.3, 0.4) is 0 Å². The molecule has 2 unspecified atom stereocenters. The van der Waals surface area contributed by atoms with Gasteiger partial charge in [0, 0.05) is 6.04 Å². The lowest BCUT2D eigenvalue weighted by atomic mass is 9.92. The van der Waals surface area contributed by atoms with E-state index in [1.807, 2.05) is 27.8 Å². The van der Waals surface area contributed by atoms with Gasteiger partial charge in [-0.3, -0.25) is 0 Å². The normalized spacial score (nSPS) is 15.2. The van der Waals surface area contributed by atoms with Gasteiger partial charge in [0.2, 0.25) is 0 Å². The molecule has 0 bridgehead atoms. The quantitative estimate of drug-likeness (QED) is 0.748. The van der Waals surface area contributed by atoms with Crippen molar-refractivity contribution >= 4 is 6.09 Å². The minimum absolute atomic E-state index is 0.168. The molecule has 0 aromatic heterocycles. The first kappa shape index (κ1) is 18.2. The van der Waals surface area contributed by atoms with Gasteiger partial charge in [-0.25, -0.2) is 4.79 Å². The van der Waals surface area contributed by atoms with Gasteiger partial charge >= 0.3 is 6.09 Å². The second kappa shape index (κ2) is 8.41. The van der Waals surface area contributed by atoms with Crippen LogP contribution in [0.15, 0.2) is 0 Å². The van der Waals surface area contributed by atoms with E-state index in [2.05, 4.69) is 31.4 Å². The van der Waals surface area contributed by atoms with Crippen LogP contribution >= 0.6 is 0 Å². The molecule has 0 aromatic rings. The monoisotopic (exact) mass is 272 g/mol. The zero-order valence-electron chi connectivity index (χ0n) is 13.7. The van der Waals surface area contributed by atoms with Gasteiger partial charge in [-0.1, -0.05) is 20.8 Å². The maximum absolute atomic E-state index is 11.8. The Balaban J connectivity index is 4.30. The van der Waals surface area contributed by atoms with Crippen LogP contribution in [-0.2, 0) is 4.74 Å². The second-order valence-electron chi connectivity index (χ2n) is 6.73. The summed E-state index contributed by atoms with van der Waals surface area (Å²) in [6.07, 6.45) is 1.79. The van der Waals surface area contributed by atoms with Gasteiger partial charge in [-0.15, -0.1) is 0 Å². The van der Waals surface area contributed by atoms with Crippen LogP contribution in [0.5, 0.6) is 0 Å². The maximum Gasteiger partial charge on any atom is 0.407 e. The number of hydrogen-bond donors (Lipinski definition) is 2. The van der Waals surface area contributed by atoms with Crippen molar-refractivity contribution in [1.82, 2.24) is 10.6 Å². The SMILES string of the molecule is CNCCC(C)CC(NC(=O)OC(C)(C)C)C(C)C. The smallest absolute Gasteiger partial charge is 0.407 e. The number of ether oxygens (including phenoxy) is 1. The van der Waals surface area contributed by atoms with Gasteiger partial charge in [0.15, 0.2) is 0 Å². The van der Waals surface area contributed by atoms with Crippen molar-refractivity contribution in [2.24, 2.45) is 11.8 Å². The Morgan fingerprint density at radius 3 is 2.21 bits per heavy atom. The highest BCUT2D eigenvalue weighted by atomic mass is 16.6. The second-order valence-corrected chi connectivity index (χ2v) is 6.73. The number of hydrogen-bond acceptors (Lipinski definition) is 3. The summed E-state index contributed by atoms with van der Waals surface area (Å²) in [5, 5.41) is 6.16. The summed E-state index contributed by atoms with van der Waals surface area (Å²) in [5.41, 5.74) is -0.441. The third kappa shape index (κ3) is 9.77. The molecular formula is C15H32N2O2. The van der Waals surface area contributed by atoms with Crippen molar-refractivity contribution in [3.8, 4) is 0 Å². The average Bonchev–Trinajstić information content (AvgIpc) is 2.22. The molecule has 0 spiro atoms. The summed E-state index contributed by atoms with van der Waals surface area (Å²) < 4.78 is 5.32. The fourth-order valence-corrected chi connectivity index (χ4v) is 1.90. The topological polar surface area (TPSA) is 50.4 Å². The predicted molar refractivity (Wildman–Crippen MR) is 80.3 cm³/mol. The van der Waals surface area contributed by atoms with Gasteiger partial charge in [-0.05, 0) is 59.0 Å². The Labute approximate surface area is 118 Å². The van der Waals surface area contributed by atoms with E-state index in [-0.39, 0.29) is 12.1 Å². The molecule has 0 aliphatic heterocycles. The number of nitrogens with one attached hydrogen (secondary N) is 2. The largest absolute Gasteiger partial charge is 0.444 e. The predicted octanol–water partition coefficient (Wildman–Crippen LogP) is 3.17. The maximum atomic E-state index is 11.8. The highest BCUT2D eigenvalue weighted by Crippen LogP contribution is 2.16. The molecule has 0 aliphatic rings. The number of carbonyl (C=O) groups excluding carboxylic acids is 1. The van der Waals surface area contributed by atoms with Gasteiger partial charge in [0.05, 0.1) is 0 Å². The van der Waals surface area contributed by atoms with Gasteiger partial charge in [0.25, 0.3) is 0 Å². The lowest BCUT2D eigenvalue weighted by Crippen LogP contribution is -2.42. The molecule has 0 aliphatic carbocycles. The van der Waals surface area contributed by atoms with E-state index < -0.39 is 5.60 Å². The standard InChI is InChI=1S/C15H32N2O2/c1-11(2)13(10-12(3)8-9-16-7)17-14(18)19-15(4,5)6/h11-13,16H,8-10H2,1-7H3,(H,17,18). The number of carbonyl (C=O) groups is 1. The molecular weight excluding hydrogens is 240 g/mol. The van der Waals surface area contributed by atoms with Crippen LogP contribution in [0.4, 0.5) is 4.79 Å². The molecule has 2 atom stereocenters. The molecule has 2 N–H and O–H groups in total. The Hall–Kier alpha value is -0.770. The molecule has 4 nitrogen and oxygen atoms in total. The fraction of sp³-hybridized carbons (Fsp3) is 0.933. The van der Waals surface area contributed by atoms with Gasteiger partial charge in [-0.2, -0.15) is 0 Å². The summed E-state index contributed by atoms with van der Waals surface area (Å²) in [4.78, 5) is 11.8. The minimum atomic E-state index is -0.441. The van der Waals surface area contributed by atoms with Crippen LogP contribution in [0.1, 0.15) is 54.4 Å². The summed E-state index contributed by atoms with van der Waals surface area (Å²) in [5.74, 6) is 0.986. The molecule has 0 saturated heterocycles. The molecule has 0 fully saturated rings. The van der Waals surface area contributed by atoms with Crippen molar-refractivity contribution in [2.75, 3.05) is 13.6 Å². The molecule has 114 valence electrons. The zero-order valence-corrected chi connectivity index (χ0v) is 13.7. The van der Waals surface area contributed by atoms with Crippen LogP contribution in [0.2, 0.25) is 0 Å². The first-order valence-corrected chi connectivity index (χ1v) is 7.29. The van der Waals surface area contributed by atoms with Gasteiger partial charge in [0.1, 0.15) is 5.60 Å². The Kier molecular flexibility index (Phi) is 8.07. The van der Waals surface area contributed by atoms with Crippen LogP contribution in [0.25, 0.3) is 0 Å². The van der Waals surface area contributed by atoms with Crippen LogP contribution in [-0.4, -0.2) is 31.3 Å². The first-order chi connectivity index (χ1) is 8.65. The third-order valence-electron chi connectivity index (χ3n) is 3.05. The summed E-state index contributed by atoms with van der Waals surface area (Å²) >= 11 is 0. The molecule has 1 amide bonds. The van der Waals surface area contributed by atoms with E-state index in [1.54, 1.807) is 0 Å². The van der Waals surface area contributed by atoms with Crippen molar-refractivity contribution in [2.45, 2.75) is 66.0 Å². The highest BCUT2D eigenvalue weighted by Gasteiger charge is 2.22. The minimum Gasteiger partial charge on any atom is -0.444 e. The molecule has 4 heteroatoms. The van der Waals surface area contributed by atoms with E-state index >= 15 is 0 Å². The van der Waals surface area contributed by atoms with E-state index in [4.69, 9.17) is 4.74 Å². The van der Waals surface area contributed by atoms with Crippen molar-refractivity contribution in [1.29, 1.82) is 0 Å². The molecule has 0 saturated carbocycles. The van der Waals surface area contributed by atoms with E-state index in [1.165, 1.54) is 0 Å². The lowest BCUT2D eigenvalue weighted by molar-refractivity contribution is 0.0481. The van der Waals surface area contributed by atoms with E-state index in [0.29, 0.717) is 11.8 Å². The third-order valence-corrected chi connectivity index (χ3v) is 3.05. The highest BCUT2D eigenvalue weighted by molar-refractivity contribution is 5.68. The average molecular weight is 272 g/mol. The molecule has 0 aromatic carbocycles. The van der Waals surface area contributed by atoms with Crippen LogP contribution in [0, 0.1) is 11.8 Å². The Morgan fingerprint density at radius 1 is 1.21 bits per heavy atom. The van der Waals surface area contributed by atoms with Crippen LogP contribution < -0.4 is 10.6 Å². The fourth-order valence-electron chi connectivity index (χ4n) is 1.90. The van der Waals surface area contributed by atoms with Gasteiger partial charge < -0.3 is 15.4 Å². The van der Waals surface area contributed by atoms with Crippen molar-refractivity contribution in [3.63, 3.8) is 0 Å².